The van der Waals surface area contributed by atoms with Crippen molar-refractivity contribution in [2.45, 2.75) is 12.8 Å². The predicted octanol–water partition coefficient (Wildman–Crippen LogP) is -1.29. The Balaban J connectivity index is 4.46. The van der Waals surface area contributed by atoms with Crippen LogP contribution in [0.1, 0.15) is 12.8 Å². The minimum atomic E-state index is -1.18. The Morgan fingerprint density at radius 1 is 0.591 bits per heavy atom. The number of rotatable bonds is 13. The smallest absolute Gasteiger partial charge is 0.317 e. The molecule has 0 rings (SSSR count). The summed E-state index contributed by atoms with van der Waals surface area (Å²) in [4.78, 5) is 45.1. The van der Waals surface area contributed by atoms with Gasteiger partial charge in [-0.05, 0) is 13.0 Å². The molecule has 0 saturated heterocycles. The minimum Gasteiger partial charge on any atom is -0.481 e. The van der Waals surface area contributed by atoms with Gasteiger partial charge in [-0.1, -0.05) is 0 Å². The van der Waals surface area contributed by atoms with Gasteiger partial charge in [0, 0.05) is 19.5 Å². The third kappa shape index (κ3) is 11.6. The quantitative estimate of drug-likeness (QED) is 0.322. The van der Waals surface area contributed by atoms with Crippen LogP contribution in [-0.2, 0) is 19.2 Å². The SMILES string of the molecule is O=C(O)CCCN(CCN(CC(=O)O)CC(=O)O)CC(=O)O. The number of hydrogen-bond donors (Lipinski definition) is 4. The maximum absolute atomic E-state index is 10.7. The molecule has 10 nitrogen and oxygen atoms in total. The number of carboxylic acids is 4. The largest absolute Gasteiger partial charge is 0.481 e. The van der Waals surface area contributed by atoms with Crippen molar-refractivity contribution in [3.8, 4) is 0 Å². The van der Waals surface area contributed by atoms with E-state index in [1.165, 1.54) is 4.90 Å². The highest BCUT2D eigenvalue weighted by Crippen LogP contribution is 1.98. The Morgan fingerprint density at radius 2 is 1.00 bits per heavy atom. The highest BCUT2D eigenvalue weighted by molar-refractivity contribution is 5.72. The van der Waals surface area contributed by atoms with Crippen molar-refractivity contribution < 1.29 is 39.6 Å². The van der Waals surface area contributed by atoms with Crippen LogP contribution in [0.15, 0.2) is 0 Å². The normalized spacial score (nSPS) is 10.8. The van der Waals surface area contributed by atoms with Gasteiger partial charge in [0.15, 0.2) is 0 Å². The van der Waals surface area contributed by atoms with Crippen molar-refractivity contribution >= 4 is 23.9 Å². The molecule has 0 unspecified atom stereocenters. The first-order valence-corrected chi connectivity index (χ1v) is 6.52. The van der Waals surface area contributed by atoms with E-state index in [2.05, 4.69) is 0 Å². The van der Waals surface area contributed by atoms with Gasteiger partial charge in [0.1, 0.15) is 0 Å². The second-order valence-electron chi connectivity index (χ2n) is 4.67. The van der Waals surface area contributed by atoms with Crippen LogP contribution in [0, 0.1) is 0 Å². The molecule has 0 saturated carbocycles. The monoisotopic (exact) mass is 320 g/mol. The molecule has 0 aliphatic rings. The number of aliphatic carboxylic acids is 4. The Morgan fingerprint density at radius 3 is 1.41 bits per heavy atom. The van der Waals surface area contributed by atoms with E-state index < -0.39 is 37.0 Å². The van der Waals surface area contributed by atoms with Crippen LogP contribution in [-0.4, -0.2) is 93.4 Å². The standard InChI is InChI=1S/C12H20N2O8/c15-9(16)2-1-3-13(6-10(17)18)4-5-14(7-11(19)20)8-12(21)22/h1-8H2,(H,15,16)(H,17,18)(H,19,20)(H,21,22). The van der Waals surface area contributed by atoms with E-state index in [1.807, 2.05) is 0 Å². The molecule has 4 N–H and O–H groups in total. The molecule has 0 bridgehead atoms. The zero-order valence-electron chi connectivity index (χ0n) is 12.0. The van der Waals surface area contributed by atoms with Crippen molar-refractivity contribution in [2.24, 2.45) is 0 Å². The van der Waals surface area contributed by atoms with E-state index in [9.17, 15) is 19.2 Å². The Bertz CT molecular complexity index is 396. The second kappa shape index (κ2) is 10.5. The fraction of sp³-hybridized carbons (Fsp3) is 0.667. The maximum Gasteiger partial charge on any atom is 0.317 e. The van der Waals surface area contributed by atoms with Gasteiger partial charge in [-0.3, -0.25) is 29.0 Å². The second-order valence-corrected chi connectivity index (χ2v) is 4.67. The molecule has 22 heavy (non-hydrogen) atoms. The van der Waals surface area contributed by atoms with E-state index in [4.69, 9.17) is 20.4 Å². The fourth-order valence-electron chi connectivity index (χ4n) is 1.79. The molecule has 0 aromatic carbocycles. The lowest BCUT2D eigenvalue weighted by Crippen LogP contribution is -2.42. The zero-order valence-corrected chi connectivity index (χ0v) is 12.0. The van der Waals surface area contributed by atoms with Gasteiger partial charge >= 0.3 is 23.9 Å². The third-order valence-electron chi connectivity index (χ3n) is 2.67. The van der Waals surface area contributed by atoms with Crippen LogP contribution in [0.25, 0.3) is 0 Å². The molecular formula is C12H20N2O8. The molecule has 0 radical (unpaired) electrons. The molecular weight excluding hydrogens is 300 g/mol. The highest BCUT2D eigenvalue weighted by atomic mass is 16.4. The van der Waals surface area contributed by atoms with E-state index in [1.54, 1.807) is 0 Å². The van der Waals surface area contributed by atoms with Crippen LogP contribution >= 0.6 is 0 Å². The highest BCUT2D eigenvalue weighted by Gasteiger charge is 2.16. The Hall–Kier alpha value is -2.20. The molecule has 0 aromatic heterocycles. The van der Waals surface area contributed by atoms with Crippen molar-refractivity contribution in [1.29, 1.82) is 0 Å². The molecule has 0 atom stereocenters. The van der Waals surface area contributed by atoms with Gasteiger partial charge in [0.25, 0.3) is 0 Å². The molecule has 0 aliphatic heterocycles. The van der Waals surface area contributed by atoms with Crippen molar-refractivity contribution in [3.05, 3.63) is 0 Å². The lowest BCUT2D eigenvalue weighted by Gasteiger charge is -2.24. The summed E-state index contributed by atoms with van der Waals surface area (Å²) in [5.74, 6) is -4.46. The van der Waals surface area contributed by atoms with Crippen LogP contribution in [0.2, 0.25) is 0 Å². The summed E-state index contributed by atoms with van der Waals surface area (Å²) < 4.78 is 0. The Labute approximate surface area is 126 Å². The van der Waals surface area contributed by atoms with Gasteiger partial charge < -0.3 is 20.4 Å². The van der Waals surface area contributed by atoms with Crippen molar-refractivity contribution in [2.75, 3.05) is 39.3 Å². The van der Waals surface area contributed by atoms with Gasteiger partial charge in [0.2, 0.25) is 0 Å². The van der Waals surface area contributed by atoms with Gasteiger partial charge in [-0.25, -0.2) is 0 Å². The lowest BCUT2D eigenvalue weighted by molar-refractivity contribution is -0.143. The van der Waals surface area contributed by atoms with Crippen LogP contribution in [0.5, 0.6) is 0 Å². The summed E-state index contributed by atoms with van der Waals surface area (Å²) in [7, 11) is 0. The number of nitrogens with zero attached hydrogens (tertiary/aromatic N) is 2. The van der Waals surface area contributed by atoms with E-state index in [-0.39, 0.29) is 39.0 Å². The lowest BCUT2D eigenvalue weighted by atomic mass is 10.3. The minimum absolute atomic E-state index is 0.0545. The summed E-state index contributed by atoms with van der Waals surface area (Å²) in [6.07, 6.45) is 0.143. The fourth-order valence-corrected chi connectivity index (χ4v) is 1.79. The van der Waals surface area contributed by atoms with E-state index in [0.29, 0.717) is 0 Å². The molecule has 0 amide bonds. The topological polar surface area (TPSA) is 156 Å². The van der Waals surface area contributed by atoms with Crippen LogP contribution in [0.4, 0.5) is 0 Å². The van der Waals surface area contributed by atoms with Gasteiger partial charge in [-0.15, -0.1) is 0 Å². The first-order valence-electron chi connectivity index (χ1n) is 6.52. The summed E-state index contributed by atoms with van der Waals surface area (Å²) in [5.41, 5.74) is 0. The molecule has 0 aromatic rings. The van der Waals surface area contributed by atoms with E-state index >= 15 is 0 Å². The Kier molecular flexibility index (Phi) is 9.46. The number of carbonyl (C=O) groups is 4. The van der Waals surface area contributed by atoms with Crippen molar-refractivity contribution in [1.82, 2.24) is 9.80 Å². The van der Waals surface area contributed by atoms with Crippen LogP contribution < -0.4 is 0 Å². The summed E-state index contributed by atoms with van der Waals surface area (Å²) >= 11 is 0. The number of carboxylic acid groups (broad SMARTS) is 4. The average molecular weight is 320 g/mol. The van der Waals surface area contributed by atoms with Crippen molar-refractivity contribution in [3.63, 3.8) is 0 Å². The van der Waals surface area contributed by atoms with E-state index in [0.717, 1.165) is 4.90 Å². The molecule has 10 heteroatoms. The molecule has 0 spiro atoms. The first kappa shape index (κ1) is 19.8. The van der Waals surface area contributed by atoms with Gasteiger partial charge in [0.05, 0.1) is 19.6 Å². The maximum atomic E-state index is 10.7. The summed E-state index contributed by atoms with van der Waals surface area (Å²) in [6, 6.07) is 0. The summed E-state index contributed by atoms with van der Waals surface area (Å²) in [6.45, 7) is -0.865. The molecule has 0 fully saturated rings. The zero-order chi connectivity index (χ0) is 17.1. The molecule has 0 aliphatic carbocycles. The molecule has 0 heterocycles. The summed E-state index contributed by atoms with van der Waals surface area (Å²) in [5, 5.41) is 34.7. The predicted molar refractivity (Wildman–Crippen MR) is 72.7 cm³/mol. The third-order valence-corrected chi connectivity index (χ3v) is 2.67. The molecule has 126 valence electrons. The average Bonchev–Trinajstić information content (AvgIpc) is 2.32. The first-order chi connectivity index (χ1) is 10.2. The van der Waals surface area contributed by atoms with Gasteiger partial charge in [-0.2, -0.15) is 0 Å². The number of hydrogen-bond acceptors (Lipinski definition) is 6. The van der Waals surface area contributed by atoms with Crippen LogP contribution in [0.3, 0.4) is 0 Å².